The Labute approximate surface area is 70.4 Å². The maximum Gasteiger partial charge on any atom is 0.284 e. The Morgan fingerprint density at radius 3 is 2.73 bits per heavy atom. The number of aromatic nitrogens is 2. The predicted molar refractivity (Wildman–Crippen MR) is 39.7 cm³/mol. The van der Waals surface area contributed by atoms with Gasteiger partial charge in [-0.2, -0.15) is 4.98 Å². The largest absolute Gasteiger partial charge is 0.441 e. The zero-order valence-corrected chi connectivity index (χ0v) is 6.91. The highest BCUT2D eigenvalue weighted by Gasteiger charge is 2.08. The van der Waals surface area contributed by atoms with Gasteiger partial charge in [-0.25, -0.2) is 4.98 Å². The van der Waals surface area contributed by atoms with Crippen molar-refractivity contribution in [3.8, 4) is 11.8 Å². The van der Waals surface area contributed by atoms with Crippen molar-refractivity contribution < 1.29 is 8.83 Å². The molecule has 0 amide bonds. The quantitative estimate of drug-likeness (QED) is 0.730. The highest BCUT2D eigenvalue weighted by molar-refractivity contribution is 9.10. The molecule has 0 N–H and O–H groups in total. The van der Waals surface area contributed by atoms with Crippen molar-refractivity contribution in [2.24, 2.45) is 0 Å². The molecule has 11 heavy (non-hydrogen) atoms. The molecule has 2 rings (SSSR count). The van der Waals surface area contributed by atoms with Crippen LogP contribution in [0.15, 0.2) is 32.2 Å². The average Bonchev–Trinajstić information content (AvgIpc) is 2.55. The molecule has 4 nitrogen and oxygen atoms in total. The Bertz CT molecular complexity index is 341. The Morgan fingerprint density at radius 2 is 2.18 bits per heavy atom. The van der Waals surface area contributed by atoms with E-state index in [1.807, 2.05) is 0 Å². The van der Waals surface area contributed by atoms with E-state index in [0.29, 0.717) is 16.4 Å². The third-order valence-corrected chi connectivity index (χ3v) is 1.46. The van der Waals surface area contributed by atoms with E-state index in [-0.39, 0.29) is 0 Å². The molecule has 0 fully saturated rings. The summed E-state index contributed by atoms with van der Waals surface area (Å²) >= 11 is 3.14. The molecular formula is C6H3BrN2O2. The third kappa shape index (κ3) is 1.19. The molecule has 2 aromatic heterocycles. The summed E-state index contributed by atoms with van der Waals surface area (Å²) in [5.41, 5.74) is 0. The molecule has 5 heteroatoms. The molecule has 0 aromatic carbocycles. The van der Waals surface area contributed by atoms with E-state index in [9.17, 15) is 0 Å². The van der Waals surface area contributed by atoms with Crippen LogP contribution < -0.4 is 0 Å². The second-order valence-electron chi connectivity index (χ2n) is 1.81. The van der Waals surface area contributed by atoms with Gasteiger partial charge in [0.05, 0.1) is 6.20 Å². The molecule has 2 aromatic rings. The average molecular weight is 215 g/mol. The molecule has 0 atom stereocenters. The number of halogens is 1. The minimum atomic E-state index is 0.377. The van der Waals surface area contributed by atoms with Gasteiger partial charge in [0.25, 0.3) is 11.8 Å². The molecule has 0 saturated carbocycles. The van der Waals surface area contributed by atoms with Gasteiger partial charge in [0.2, 0.25) is 0 Å². The topological polar surface area (TPSA) is 52.1 Å². The van der Waals surface area contributed by atoms with Gasteiger partial charge in [-0.3, -0.25) is 0 Å². The first-order valence-electron chi connectivity index (χ1n) is 2.87. The van der Waals surface area contributed by atoms with Crippen LogP contribution in [0.5, 0.6) is 0 Å². The van der Waals surface area contributed by atoms with Gasteiger partial charge in [-0.15, -0.1) is 0 Å². The Hall–Kier alpha value is -1.10. The highest BCUT2D eigenvalue weighted by atomic mass is 79.9. The molecule has 0 radical (unpaired) electrons. The lowest BCUT2D eigenvalue weighted by Gasteiger charge is -1.81. The fourth-order valence-corrected chi connectivity index (χ4v) is 0.936. The number of hydrogen-bond acceptors (Lipinski definition) is 4. The normalized spacial score (nSPS) is 10.3. The molecule has 0 aliphatic rings. The first-order valence-corrected chi connectivity index (χ1v) is 3.66. The summed E-state index contributed by atoms with van der Waals surface area (Å²) in [6, 6.07) is 0. The number of nitrogens with zero attached hydrogens (tertiary/aromatic N) is 2. The van der Waals surface area contributed by atoms with Crippen LogP contribution in [-0.2, 0) is 0 Å². The van der Waals surface area contributed by atoms with Gasteiger partial charge < -0.3 is 8.83 Å². The summed E-state index contributed by atoms with van der Waals surface area (Å²) in [6.07, 6.45) is 4.47. The first-order chi connectivity index (χ1) is 5.36. The van der Waals surface area contributed by atoms with Crippen LogP contribution in [0.3, 0.4) is 0 Å². The number of rotatable bonds is 1. The van der Waals surface area contributed by atoms with Crippen molar-refractivity contribution in [2.45, 2.75) is 0 Å². The zero-order chi connectivity index (χ0) is 7.68. The summed E-state index contributed by atoms with van der Waals surface area (Å²) in [4.78, 5) is 7.80. The van der Waals surface area contributed by atoms with Crippen molar-refractivity contribution in [1.29, 1.82) is 0 Å². The summed E-state index contributed by atoms with van der Waals surface area (Å²) in [6.45, 7) is 0. The van der Waals surface area contributed by atoms with Gasteiger partial charge in [0.1, 0.15) is 17.1 Å². The van der Waals surface area contributed by atoms with Gasteiger partial charge >= 0.3 is 0 Å². The second-order valence-corrected chi connectivity index (χ2v) is 2.63. The van der Waals surface area contributed by atoms with Crippen molar-refractivity contribution >= 4 is 15.9 Å². The van der Waals surface area contributed by atoms with E-state index in [1.165, 1.54) is 18.7 Å². The maximum absolute atomic E-state index is 4.99. The standard InChI is InChI=1S/C6H3BrN2O2/c7-4-3-11-6(9-4)5-8-1-2-10-5/h1-3H. The molecule has 0 aliphatic heterocycles. The summed E-state index contributed by atoms with van der Waals surface area (Å²) in [5, 5.41) is 0. The van der Waals surface area contributed by atoms with Crippen molar-refractivity contribution in [3.63, 3.8) is 0 Å². The minimum absolute atomic E-state index is 0.377. The highest BCUT2D eigenvalue weighted by Crippen LogP contribution is 2.18. The smallest absolute Gasteiger partial charge is 0.284 e. The van der Waals surface area contributed by atoms with Crippen LogP contribution in [0, 0.1) is 0 Å². The van der Waals surface area contributed by atoms with E-state index in [0.717, 1.165) is 0 Å². The Morgan fingerprint density at radius 1 is 1.27 bits per heavy atom. The van der Waals surface area contributed by atoms with Crippen molar-refractivity contribution in [3.05, 3.63) is 23.3 Å². The number of oxazole rings is 2. The molecule has 0 spiro atoms. The van der Waals surface area contributed by atoms with E-state index >= 15 is 0 Å². The minimum Gasteiger partial charge on any atom is -0.441 e. The van der Waals surface area contributed by atoms with Gasteiger partial charge in [-0.05, 0) is 15.9 Å². The molecule has 0 aliphatic carbocycles. The lowest BCUT2D eigenvalue weighted by Crippen LogP contribution is -1.74. The van der Waals surface area contributed by atoms with Gasteiger partial charge in [0, 0.05) is 0 Å². The summed E-state index contributed by atoms with van der Waals surface area (Å²) < 4.78 is 10.6. The first kappa shape index (κ1) is 6.60. The second kappa shape index (κ2) is 2.50. The lowest BCUT2D eigenvalue weighted by atomic mass is 10.7. The molecule has 0 saturated heterocycles. The molecule has 0 bridgehead atoms. The van der Waals surface area contributed by atoms with Gasteiger partial charge in [-0.1, -0.05) is 0 Å². The van der Waals surface area contributed by atoms with Crippen molar-refractivity contribution in [2.75, 3.05) is 0 Å². The Balaban J connectivity index is 2.45. The maximum atomic E-state index is 4.99. The molecule has 56 valence electrons. The Kier molecular flexibility index (Phi) is 1.50. The fraction of sp³-hybridized carbons (Fsp3) is 0. The number of hydrogen-bond donors (Lipinski definition) is 0. The van der Waals surface area contributed by atoms with Crippen LogP contribution in [0.2, 0.25) is 0 Å². The fourth-order valence-electron chi connectivity index (χ4n) is 0.681. The van der Waals surface area contributed by atoms with E-state index in [1.54, 1.807) is 0 Å². The van der Waals surface area contributed by atoms with Crippen LogP contribution in [-0.4, -0.2) is 9.97 Å². The van der Waals surface area contributed by atoms with E-state index in [4.69, 9.17) is 8.83 Å². The van der Waals surface area contributed by atoms with Crippen LogP contribution in [0.1, 0.15) is 0 Å². The van der Waals surface area contributed by atoms with E-state index in [2.05, 4.69) is 25.9 Å². The molecule has 0 unspecified atom stereocenters. The van der Waals surface area contributed by atoms with Crippen molar-refractivity contribution in [1.82, 2.24) is 9.97 Å². The van der Waals surface area contributed by atoms with Crippen LogP contribution in [0.25, 0.3) is 11.8 Å². The van der Waals surface area contributed by atoms with Gasteiger partial charge in [0.15, 0.2) is 0 Å². The van der Waals surface area contributed by atoms with Crippen LogP contribution >= 0.6 is 15.9 Å². The van der Waals surface area contributed by atoms with E-state index < -0.39 is 0 Å². The zero-order valence-electron chi connectivity index (χ0n) is 5.32. The predicted octanol–water partition coefficient (Wildman–Crippen LogP) is 2.09. The monoisotopic (exact) mass is 214 g/mol. The SMILES string of the molecule is Brc1coc(-c2ncco2)n1. The molecule has 2 heterocycles. The summed E-state index contributed by atoms with van der Waals surface area (Å²) in [7, 11) is 0. The molecular weight excluding hydrogens is 212 g/mol. The third-order valence-electron chi connectivity index (χ3n) is 1.09. The van der Waals surface area contributed by atoms with Crippen LogP contribution in [0.4, 0.5) is 0 Å². The lowest BCUT2D eigenvalue weighted by molar-refractivity contribution is 0.510. The summed E-state index contributed by atoms with van der Waals surface area (Å²) in [5.74, 6) is 0.762.